The van der Waals surface area contributed by atoms with E-state index in [-0.39, 0.29) is 5.78 Å². The van der Waals surface area contributed by atoms with Gasteiger partial charge in [0, 0.05) is 11.8 Å². The summed E-state index contributed by atoms with van der Waals surface area (Å²) in [5.74, 6) is 2.53. The van der Waals surface area contributed by atoms with Gasteiger partial charge in [0.1, 0.15) is 0 Å². The lowest BCUT2D eigenvalue weighted by molar-refractivity contribution is 0.0978. The highest BCUT2D eigenvalue weighted by Gasteiger charge is 2.34. The number of oxazole rings is 2. The van der Waals surface area contributed by atoms with Crippen molar-refractivity contribution in [3.63, 3.8) is 0 Å². The van der Waals surface area contributed by atoms with Crippen molar-refractivity contribution in [1.29, 1.82) is 0 Å². The fourth-order valence-electron chi connectivity index (χ4n) is 2.37. The maximum Gasteiger partial charge on any atom is 0.267 e. The molecule has 2 fully saturated rings. The predicted molar refractivity (Wildman–Crippen MR) is 69.9 cm³/mol. The number of hydrogen-bond acceptors (Lipinski definition) is 5. The van der Waals surface area contributed by atoms with Gasteiger partial charge >= 0.3 is 0 Å². The van der Waals surface area contributed by atoms with E-state index in [1.807, 2.05) is 0 Å². The van der Waals surface area contributed by atoms with Gasteiger partial charge in [0.25, 0.3) is 5.78 Å². The van der Waals surface area contributed by atoms with Crippen LogP contribution in [0.5, 0.6) is 0 Å². The second-order valence-corrected chi connectivity index (χ2v) is 5.81. The van der Waals surface area contributed by atoms with E-state index in [0.29, 0.717) is 46.5 Å². The second-order valence-electron chi connectivity index (χ2n) is 5.81. The highest BCUT2D eigenvalue weighted by Crippen LogP contribution is 2.41. The number of carbonyl (C=O) groups is 1. The minimum Gasteiger partial charge on any atom is -0.436 e. The number of carbonyl (C=O) groups excluding carboxylic acids is 1. The summed E-state index contributed by atoms with van der Waals surface area (Å²) in [5, 5.41) is 0. The van der Waals surface area contributed by atoms with Gasteiger partial charge in [-0.15, -0.1) is 0 Å². The van der Waals surface area contributed by atoms with E-state index in [4.69, 9.17) is 8.83 Å². The van der Waals surface area contributed by atoms with Crippen molar-refractivity contribution in [1.82, 2.24) is 9.97 Å². The molecule has 0 radical (unpaired) electrons. The van der Waals surface area contributed by atoms with Crippen LogP contribution in [-0.4, -0.2) is 15.8 Å². The molecule has 20 heavy (non-hydrogen) atoms. The number of aryl methyl sites for hydroxylation is 2. The molecule has 2 heterocycles. The van der Waals surface area contributed by atoms with Gasteiger partial charge in [0.2, 0.25) is 11.5 Å². The number of hydrogen-bond donors (Lipinski definition) is 0. The van der Waals surface area contributed by atoms with Crippen LogP contribution in [0.15, 0.2) is 8.83 Å². The molecule has 0 unspecified atom stereocenters. The van der Waals surface area contributed by atoms with Gasteiger partial charge < -0.3 is 8.83 Å². The zero-order valence-electron chi connectivity index (χ0n) is 11.6. The molecule has 0 N–H and O–H groups in total. The quantitative estimate of drug-likeness (QED) is 0.799. The van der Waals surface area contributed by atoms with Crippen molar-refractivity contribution in [2.45, 2.75) is 51.4 Å². The van der Waals surface area contributed by atoms with Crippen LogP contribution in [-0.2, 0) is 0 Å². The van der Waals surface area contributed by atoms with E-state index in [9.17, 15) is 4.79 Å². The molecule has 5 nitrogen and oxygen atoms in total. The molecule has 104 valence electrons. The third-order valence-electron chi connectivity index (χ3n) is 3.89. The van der Waals surface area contributed by atoms with E-state index in [1.54, 1.807) is 13.8 Å². The van der Waals surface area contributed by atoms with Gasteiger partial charge in [0.15, 0.2) is 11.8 Å². The summed E-state index contributed by atoms with van der Waals surface area (Å²) in [7, 11) is 0. The van der Waals surface area contributed by atoms with Crippen LogP contribution < -0.4 is 0 Å². The van der Waals surface area contributed by atoms with E-state index in [0.717, 1.165) is 25.7 Å². The van der Waals surface area contributed by atoms with Crippen molar-refractivity contribution in [3.05, 3.63) is 34.7 Å². The minimum absolute atomic E-state index is 0.237. The molecule has 5 heteroatoms. The van der Waals surface area contributed by atoms with Crippen LogP contribution >= 0.6 is 0 Å². The van der Waals surface area contributed by atoms with Crippen LogP contribution in [0.1, 0.15) is 77.0 Å². The van der Waals surface area contributed by atoms with Crippen LogP contribution in [0.2, 0.25) is 0 Å². The molecule has 4 rings (SSSR count). The summed E-state index contributed by atoms with van der Waals surface area (Å²) in [6.45, 7) is 3.60. The summed E-state index contributed by atoms with van der Waals surface area (Å²) in [4.78, 5) is 21.2. The lowest BCUT2D eigenvalue weighted by Crippen LogP contribution is -2.02. The average molecular weight is 272 g/mol. The maximum absolute atomic E-state index is 12.5. The maximum atomic E-state index is 12.5. The highest BCUT2D eigenvalue weighted by atomic mass is 16.4. The van der Waals surface area contributed by atoms with E-state index < -0.39 is 0 Å². The van der Waals surface area contributed by atoms with Gasteiger partial charge in [-0.2, -0.15) is 0 Å². The van der Waals surface area contributed by atoms with Crippen molar-refractivity contribution in [2.75, 3.05) is 0 Å². The molecule has 2 aromatic heterocycles. The van der Waals surface area contributed by atoms with Gasteiger partial charge in [0.05, 0.1) is 11.4 Å². The first-order valence-corrected chi connectivity index (χ1v) is 7.13. The summed E-state index contributed by atoms with van der Waals surface area (Å²) in [6.07, 6.45) is 4.39. The normalized spacial score (nSPS) is 18.5. The van der Waals surface area contributed by atoms with Gasteiger partial charge in [-0.3, -0.25) is 4.79 Å². The van der Waals surface area contributed by atoms with E-state index >= 15 is 0 Å². The lowest BCUT2D eigenvalue weighted by Gasteiger charge is -1.94. The predicted octanol–water partition coefficient (Wildman–Crippen LogP) is 3.27. The Morgan fingerprint density at radius 3 is 1.65 bits per heavy atom. The van der Waals surface area contributed by atoms with Crippen molar-refractivity contribution in [3.8, 4) is 0 Å². The highest BCUT2D eigenvalue weighted by molar-refractivity contribution is 6.06. The Morgan fingerprint density at radius 1 is 0.900 bits per heavy atom. The standard InChI is InChI=1S/C15H16N2O3/c1-7-12(19-14(16-7)9-3-4-9)11(18)13-8(2)17-15(20-13)10-5-6-10/h9-10H,3-6H2,1-2H3. The Balaban J connectivity index is 1.68. The summed E-state index contributed by atoms with van der Waals surface area (Å²) in [6, 6.07) is 0. The van der Waals surface area contributed by atoms with E-state index in [2.05, 4.69) is 9.97 Å². The molecule has 0 bridgehead atoms. The Hall–Kier alpha value is -1.91. The Bertz CT molecular complexity index is 632. The number of ketones is 1. The van der Waals surface area contributed by atoms with Crippen molar-refractivity contribution >= 4 is 5.78 Å². The molecule has 2 aliphatic carbocycles. The molecule has 2 aromatic rings. The number of aromatic nitrogens is 2. The fourth-order valence-corrected chi connectivity index (χ4v) is 2.37. The second kappa shape index (κ2) is 4.04. The average Bonchev–Trinajstić information content (AvgIpc) is 3.33. The van der Waals surface area contributed by atoms with E-state index in [1.165, 1.54) is 0 Å². The van der Waals surface area contributed by atoms with Crippen LogP contribution in [0.4, 0.5) is 0 Å². The summed E-state index contributed by atoms with van der Waals surface area (Å²) < 4.78 is 11.3. The molecular weight excluding hydrogens is 256 g/mol. The first-order valence-electron chi connectivity index (χ1n) is 7.13. The Morgan fingerprint density at radius 2 is 1.30 bits per heavy atom. The smallest absolute Gasteiger partial charge is 0.267 e. The van der Waals surface area contributed by atoms with Gasteiger partial charge in [-0.05, 0) is 39.5 Å². The van der Waals surface area contributed by atoms with Crippen molar-refractivity contribution in [2.24, 2.45) is 0 Å². The molecule has 0 spiro atoms. The van der Waals surface area contributed by atoms with Gasteiger partial charge in [-0.1, -0.05) is 0 Å². The molecule has 0 saturated heterocycles. The molecule has 0 aliphatic heterocycles. The first kappa shape index (κ1) is 11.9. The molecule has 0 atom stereocenters. The van der Waals surface area contributed by atoms with Crippen LogP contribution in [0.25, 0.3) is 0 Å². The SMILES string of the molecule is Cc1nc(C2CC2)oc1C(=O)c1oc(C2CC2)nc1C. The van der Waals surface area contributed by atoms with Crippen LogP contribution in [0.3, 0.4) is 0 Å². The third kappa shape index (κ3) is 1.88. The molecule has 2 aliphatic rings. The number of rotatable bonds is 4. The Labute approximate surface area is 116 Å². The molecular formula is C15H16N2O3. The van der Waals surface area contributed by atoms with Crippen molar-refractivity contribution < 1.29 is 13.6 Å². The summed E-state index contributed by atoms with van der Waals surface area (Å²) >= 11 is 0. The fraction of sp³-hybridized carbons (Fsp3) is 0.533. The lowest BCUT2D eigenvalue weighted by atomic mass is 10.2. The minimum atomic E-state index is -0.237. The van der Waals surface area contributed by atoms with Crippen LogP contribution in [0, 0.1) is 13.8 Å². The summed E-state index contributed by atoms with van der Waals surface area (Å²) in [5.41, 5.74) is 1.28. The van der Waals surface area contributed by atoms with Gasteiger partial charge in [-0.25, -0.2) is 9.97 Å². The zero-order valence-corrected chi connectivity index (χ0v) is 11.6. The molecule has 0 aromatic carbocycles. The topological polar surface area (TPSA) is 69.1 Å². The number of nitrogens with zero attached hydrogens (tertiary/aromatic N) is 2. The largest absolute Gasteiger partial charge is 0.436 e. The monoisotopic (exact) mass is 272 g/mol. The molecule has 0 amide bonds. The third-order valence-corrected chi connectivity index (χ3v) is 3.89. The Kier molecular flexibility index (Phi) is 2.40. The zero-order chi connectivity index (χ0) is 13.9. The first-order chi connectivity index (χ1) is 9.63. The molecule has 2 saturated carbocycles.